The SMILES string of the molecule is CC.CC(=O)NCCCCC(NC(=O)C(CCCCN)NC(=O)CCOCCOCCOCCNC(=O)COc1ccc2c(C(=O)NCC=O)ccnc2c1)C(=O)OC(C)(C)C.CN1CCCC1. The number of hydrogen-bond acceptors (Lipinski definition) is 15. The highest BCUT2D eigenvalue weighted by atomic mass is 16.6. The highest BCUT2D eigenvalue weighted by molar-refractivity contribution is 6.06. The molecule has 3 rings (SSSR count). The summed E-state index contributed by atoms with van der Waals surface area (Å²) in [6.45, 7) is 15.5. The molecule has 0 radical (unpaired) electrons. The molecule has 20 heteroatoms. The Kier molecular flexibility index (Phi) is 32.8. The van der Waals surface area contributed by atoms with Gasteiger partial charge in [0, 0.05) is 44.1 Å². The molecule has 1 aromatic carbocycles. The average Bonchev–Trinajstić information content (AvgIpc) is 3.80. The van der Waals surface area contributed by atoms with Crippen molar-refractivity contribution in [3.8, 4) is 5.75 Å². The topological polar surface area (TPSA) is 268 Å². The number of rotatable bonds is 31. The summed E-state index contributed by atoms with van der Waals surface area (Å²) in [5.74, 6) is -1.97. The van der Waals surface area contributed by atoms with Crippen molar-refractivity contribution < 1.29 is 57.2 Å². The lowest BCUT2D eigenvalue weighted by Gasteiger charge is -2.26. The molecule has 68 heavy (non-hydrogen) atoms. The summed E-state index contributed by atoms with van der Waals surface area (Å²) >= 11 is 0. The Morgan fingerprint density at radius 2 is 1.44 bits per heavy atom. The molecule has 0 aliphatic carbocycles. The van der Waals surface area contributed by atoms with Gasteiger partial charge in [-0.1, -0.05) is 13.8 Å². The number of carbonyl (C=O) groups is 7. The van der Waals surface area contributed by atoms with E-state index in [1.807, 2.05) is 13.8 Å². The molecule has 20 nitrogen and oxygen atoms in total. The second-order valence-corrected chi connectivity index (χ2v) is 16.6. The van der Waals surface area contributed by atoms with Crippen LogP contribution >= 0.6 is 0 Å². The Hall–Kier alpha value is -5.28. The molecule has 1 saturated heterocycles. The monoisotopic (exact) mass is 961 g/mol. The average molecular weight is 961 g/mol. The molecule has 2 aromatic rings. The zero-order valence-electron chi connectivity index (χ0n) is 41.5. The Morgan fingerprint density at radius 1 is 0.794 bits per heavy atom. The van der Waals surface area contributed by atoms with Crippen molar-refractivity contribution >= 4 is 52.7 Å². The molecule has 1 aliphatic heterocycles. The molecule has 0 saturated carbocycles. The number of fused-ring (bicyclic) bond motifs is 1. The van der Waals surface area contributed by atoms with E-state index in [2.05, 4.69) is 43.5 Å². The predicted molar refractivity (Wildman–Crippen MR) is 259 cm³/mol. The zero-order chi connectivity index (χ0) is 50.6. The van der Waals surface area contributed by atoms with E-state index in [9.17, 15) is 33.6 Å². The van der Waals surface area contributed by atoms with Gasteiger partial charge in [0.05, 0.1) is 57.3 Å². The molecule has 2 heterocycles. The zero-order valence-corrected chi connectivity index (χ0v) is 41.5. The number of likely N-dealkylation sites (tertiary alicyclic amines) is 1. The summed E-state index contributed by atoms with van der Waals surface area (Å²) in [4.78, 5) is 92.0. The van der Waals surface area contributed by atoms with Crippen molar-refractivity contribution in [2.45, 2.75) is 117 Å². The minimum atomic E-state index is -0.929. The summed E-state index contributed by atoms with van der Waals surface area (Å²) in [6, 6.07) is 4.64. The van der Waals surface area contributed by atoms with Gasteiger partial charge in [-0.15, -0.1) is 0 Å². The van der Waals surface area contributed by atoms with Gasteiger partial charge >= 0.3 is 5.97 Å². The third-order valence-electron chi connectivity index (χ3n) is 9.69. The van der Waals surface area contributed by atoms with E-state index in [1.165, 1.54) is 39.1 Å². The maximum atomic E-state index is 13.4. The smallest absolute Gasteiger partial charge is 0.329 e. The van der Waals surface area contributed by atoms with Crippen LogP contribution in [0.1, 0.15) is 110 Å². The fourth-order valence-corrected chi connectivity index (χ4v) is 6.35. The normalized spacial score (nSPS) is 13.1. The van der Waals surface area contributed by atoms with E-state index in [0.29, 0.717) is 80.1 Å². The van der Waals surface area contributed by atoms with Crippen LogP contribution in [0.5, 0.6) is 5.75 Å². The van der Waals surface area contributed by atoms with Crippen molar-refractivity contribution in [1.29, 1.82) is 0 Å². The van der Waals surface area contributed by atoms with Crippen molar-refractivity contribution in [3.63, 3.8) is 0 Å². The van der Waals surface area contributed by atoms with Gasteiger partial charge in [-0.3, -0.25) is 29.0 Å². The number of carbonyl (C=O) groups excluding carboxylic acids is 7. The lowest BCUT2D eigenvalue weighted by atomic mass is 10.1. The second-order valence-electron chi connectivity index (χ2n) is 16.6. The number of pyridine rings is 1. The largest absolute Gasteiger partial charge is 0.484 e. The fraction of sp³-hybridized carbons (Fsp3) is 0.667. The Morgan fingerprint density at radius 3 is 2.06 bits per heavy atom. The van der Waals surface area contributed by atoms with Crippen LogP contribution in [0.4, 0.5) is 0 Å². The molecule has 7 N–H and O–H groups in total. The van der Waals surface area contributed by atoms with Gasteiger partial charge in [0.25, 0.3) is 11.8 Å². The number of nitrogens with two attached hydrogens (primary N) is 1. The van der Waals surface area contributed by atoms with Gasteiger partial charge in [-0.05, 0) is 117 Å². The first-order valence-electron chi connectivity index (χ1n) is 23.8. The number of amides is 5. The number of hydrogen-bond donors (Lipinski definition) is 6. The van der Waals surface area contributed by atoms with Gasteiger partial charge in [-0.2, -0.15) is 0 Å². The summed E-state index contributed by atoms with van der Waals surface area (Å²) in [5, 5.41) is 14.0. The summed E-state index contributed by atoms with van der Waals surface area (Å²) < 4.78 is 27.6. The molecule has 2 unspecified atom stereocenters. The highest BCUT2D eigenvalue weighted by Gasteiger charge is 2.29. The molecule has 5 amide bonds. The minimum absolute atomic E-state index is 0.00379. The van der Waals surface area contributed by atoms with E-state index in [0.717, 1.165) is 0 Å². The van der Waals surface area contributed by atoms with E-state index < -0.39 is 35.5 Å². The second kappa shape index (κ2) is 36.7. The molecule has 1 fully saturated rings. The Balaban J connectivity index is 0.00000263. The van der Waals surface area contributed by atoms with Crippen molar-refractivity contribution in [1.82, 2.24) is 36.5 Å². The maximum Gasteiger partial charge on any atom is 0.329 e. The molecule has 0 bridgehead atoms. The van der Waals surface area contributed by atoms with Crippen LogP contribution in [0.3, 0.4) is 0 Å². The van der Waals surface area contributed by atoms with Crippen LogP contribution in [0.25, 0.3) is 10.9 Å². The summed E-state index contributed by atoms with van der Waals surface area (Å²) in [5.41, 5.74) is 5.74. The van der Waals surface area contributed by atoms with Crippen molar-refractivity contribution in [2.75, 3.05) is 92.6 Å². The number of unbranched alkanes of at least 4 members (excludes halogenated alkanes) is 2. The van der Waals surface area contributed by atoms with E-state index in [4.69, 9.17) is 29.4 Å². The number of ether oxygens (including phenoxy) is 5. The van der Waals surface area contributed by atoms with E-state index in [-0.39, 0.29) is 83.5 Å². The van der Waals surface area contributed by atoms with Gasteiger partial charge in [-0.25, -0.2) is 4.79 Å². The lowest BCUT2D eigenvalue weighted by molar-refractivity contribution is -0.159. The molecular weight excluding hydrogens is 881 g/mol. The number of benzene rings is 1. The predicted octanol–water partition coefficient (Wildman–Crippen LogP) is 2.58. The fourth-order valence-electron chi connectivity index (χ4n) is 6.35. The Labute approximate surface area is 402 Å². The standard InChI is InChI=1S/C41H63N7O12.C5H11N.C2H6/c1-29(50)43-16-8-6-10-34(40(55)60-41(2,3)4)48-39(54)33(9-5-7-15-42)47-36(51)14-21-56-23-25-58-26-24-57-22-19-45-37(52)28-59-30-11-12-31-32(38(53)46-18-20-49)13-17-44-35(31)27-30;1-6-4-2-3-5-6;1-2/h11-13,17,20,27,33-34H,5-10,14-16,18-19,21-26,28,42H2,1-4H3,(H,43,50)(H,45,52)(H,46,53)(H,47,51)(H,48,54);2-5H2,1H3;1-2H3. The summed E-state index contributed by atoms with van der Waals surface area (Å²) in [6.07, 6.45) is 7.94. The lowest BCUT2D eigenvalue weighted by Crippen LogP contribution is -2.52. The van der Waals surface area contributed by atoms with Crippen LogP contribution < -0.4 is 37.1 Å². The number of nitrogens with zero attached hydrogens (tertiary/aromatic N) is 2. The van der Waals surface area contributed by atoms with Crippen LogP contribution in [-0.4, -0.2) is 162 Å². The quantitative estimate of drug-likeness (QED) is 0.0360. The third kappa shape index (κ3) is 28.8. The van der Waals surface area contributed by atoms with Crippen LogP contribution in [0.15, 0.2) is 30.5 Å². The van der Waals surface area contributed by atoms with Crippen LogP contribution in [0.2, 0.25) is 0 Å². The molecule has 2 atom stereocenters. The number of esters is 1. The van der Waals surface area contributed by atoms with Gasteiger partial charge in [0.2, 0.25) is 17.7 Å². The first-order valence-corrected chi connectivity index (χ1v) is 23.8. The Bertz CT molecular complexity index is 1790. The van der Waals surface area contributed by atoms with Gasteiger partial charge < -0.3 is 65.7 Å². The van der Waals surface area contributed by atoms with Crippen LogP contribution in [-0.2, 0) is 47.7 Å². The maximum absolute atomic E-state index is 13.4. The van der Waals surface area contributed by atoms with Gasteiger partial charge in [0.1, 0.15) is 29.7 Å². The number of nitrogens with one attached hydrogen (secondary N) is 5. The third-order valence-corrected chi connectivity index (χ3v) is 9.69. The number of aromatic nitrogens is 1. The molecule has 1 aromatic heterocycles. The molecule has 0 spiro atoms. The van der Waals surface area contributed by atoms with E-state index >= 15 is 0 Å². The minimum Gasteiger partial charge on any atom is -0.484 e. The molecular formula is C48H80N8O12. The van der Waals surface area contributed by atoms with Crippen molar-refractivity contribution in [3.05, 3.63) is 36.0 Å². The first kappa shape index (κ1) is 60.7. The first-order chi connectivity index (χ1) is 32.6. The molecule has 384 valence electrons. The highest BCUT2D eigenvalue weighted by Crippen LogP contribution is 2.22. The number of aldehydes is 1. The van der Waals surface area contributed by atoms with E-state index in [1.54, 1.807) is 45.0 Å². The van der Waals surface area contributed by atoms with Crippen molar-refractivity contribution in [2.24, 2.45) is 5.73 Å². The summed E-state index contributed by atoms with van der Waals surface area (Å²) in [7, 11) is 2.17. The molecule has 1 aliphatic rings. The van der Waals surface area contributed by atoms with Crippen LogP contribution in [0, 0.1) is 0 Å². The van der Waals surface area contributed by atoms with Gasteiger partial charge in [0.15, 0.2) is 6.61 Å².